The highest BCUT2D eigenvalue weighted by Gasteiger charge is 2.35. The van der Waals surface area contributed by atoms with E-state index in [-0.39, 0.29) is 12.1 Å². The van der Waals surface area contributed by atoms with E-state index in [9.17, 15) is 9.59 Å². The average Bonchev–Trinajstić information content (AvgIpc) is 3.01. The fraction of sp³-hybridized carbons (Fsp3) is 0.333. The van der Waals surface area contributed by atoms with Gasteiger partial charge in [-0.2, -0.15) is 0 Å². The third-order valence-electron chi connectivity index (χ3n) is 5.02. The predicted molar refractivity (Wildman–Crippen MR) is 102 cm³/mol. The van der Waals surface area contributed by atoms with Gasteiger partial charge in [0.25, 0.3) is 0 Å². The van der Waals surface area contributed by atoms with Gasteiger partial charge in [0.1, 0.15) is 0 Å². The van der Waals surface area contributed by atoms with Crippen LogP contribution in [0.1, 0.15) is 25.7 Å². The van der Waals surface area contributed by atoms with Crippen LogP contribution in [0.25, 0.3) is 10.9 Å². The van der Waals surface area contributed by atoms with Crippen molar-refractivity contribution >= 4 is 50.2 Å². The molecule has 1 aliphatic heterocycles. The molecular formula is C18H17BrN4O3. The first-order valence-corrected chi connectivity index (χ1v) is 9.25. The summed E-state index contributed by atoms with van der Waals surface area (Å²) in [5.74, 6) is 2.41. The molecule has 0 spiro atoms. The number of carbonyl (C=O) groups is 1. The second-order valence-corrected chi connectivity index (χ2v) is 7.50. The zero-order chi connectivity index (χ0) is 18.3. The maximum atomic E-state index is 11.6. The van der Waals surface area contributed by atoms with Crippen molar-refractivity contribution in [3.8, 4) is 0 Å². The Morgan fingerprint density at radius 1 is 1.35 bits per heavy atom. The lowest BCUT2D eigenvalue weighted by Gasteiger charge is -2.35. The van der Waals surface area contributed by atoms with Crippen LogP contribution < -0.4 is 15.5 Å². The summed E-state index contributed by atoms with van der Waals surface area (Å²) in [5, 5.41) is 15.5. The molecule has 8 heteroatoms. The molecule has 2 aliphatic rings. The van der Waals surface area contributed by atoms with E-state index < -0.39 is 6.09 Å². The van der Waals surface area contributed by atoms with E-state index in [0.29, 0.717) is 5.82 Å². The van der Waals surface area contributed by atoms with E-state index in [2.05, 4.69) is 31.5 Å². The van der Waals surface area contributed by atoms with Gasteiger partial charge in [0.05, 0.1) is 23.1 Å². The van der Waals surface area contributed by atoms with Crippen molar-refractivity contribution in [3.05, 3.63) is 34.7 Å². The Kier molecular flexibility index (Phi) is 4.30. The van der Waals surface area contributed by atoms with E-state index >= 15 is 0 Å². The van der Waals surface area contributed by atoms with Gasteiger partial charge < -0.3 is 20.6 Å². The van der Waals surface area contributed by atoms with Gasteiger partial charge in [-0.05, 0) is 43.9 Å². The van der Waals surface area contributed by atoms with E-state index in [4.69, 9.17) is 5.11 Å². The summed E-state index contributed by atoms with van der Waals surface area (Å²) >= 11 is 3.50. The lowest BCUT2D eigenvalue weighted by atomic mass is 9.90. The zero-order valence-electron chi connectivity index (χ0n) is 13.8. The van der Waals surface area contributed by atoms with Crippen LogP contribution in [0.5, 0.6) is 0 Å². The molecule has 1 aromatic carbocycles. The lowest BCUT2D eigenvalue weighted by Crippen LogP contribution is -2.43. The number of hydrogen-bond acceptors (Lipinski definition) is 5. The largest absolute Gasteiger partial charge is 0.465 e. The maximum Gasteiger partial charge on any atom is 0.404 e. The van der Waals surface area contributed by atoms with Crippen LogP contribution in [0.3, 0.4) is 0 Å². The van der Waals surface area contributed by atoms with Crippen molar-refractivity contribution in [2.45, 2.75) is 37.8 Å². The fourth-order valence-corrected chi connectivity index (χ4v) is 4.26. The number of pyridine rings is 1. The van der Waals surface area contributed by atoms with E-state index in [1.54, 1.807) is 6.20 Å². The monoisotopic (exact) mass is 416 g/mol. The van der Waals surface area contributed by atoms with E-state index in [1.165, 1.54) is 0 Å². The molecule has 0 saturated heterocycles. The van der Waals surface area contributed by atoms with Crippen LogP contribution >= 0.6 is 15.9 Å². The summed E-state index contributed by atoms with van der Waals surface area (Å²) in [6.07, 6.45) is 3.80. The lowest BCUT2D eigenvalue weighted by molar-refractivity contribution is 0.185. The molecule has 3 N–H and O–H groups in total. The van der Waals surface area contributed by atoms with Crippen LogP contribution in [0.4, 0.5) is 16.2 Å². The average molecular weight is 417 g/mol. The zero-order valence-corrected chi connectivity index (χ0v) is 15.4. The Balaban J connectivity index is 1.70. The quantitative estimate of drug-likeness (QED) is 0.648. The smallest absolute Gasteiger partial charge is 0.404 e. The first-order valence-electron chi connectivity index (χ1n) is 8.46. The van der Waals surface area contributed by atoms with Crippen LogP contribution in [0.15, 0.2) is 34.7 Å². The number of halogens is 1. The molecule has 134 valence electrons. The molecule has 1 aliphatic carbocycles. The van der Waals surface area contributed by atoms with Gasteiger partial charge in [-0.15, -0.1) is 0 Å². The van der Waals surface area contributed by atoms with Gasteiger partial charge in [-0.25, -0.2) is 9.59 Å². The molecule has 0 atom stereocenters. The van der Waals surface area contributed by atoms with Crippen LogP contribution in [-0.4, -0.2) is 34.2 Å². The Labute approximate surface area is 158 Å². The van der Waals surface area contributed by atoms with Gasteiger partial charge in [0.15, 0.2) is 11.8 Å². The Bertz CT molecular complexity index is 933. The van der Waals surface area contributed by atoms with Crippen molar-refractivity contribution < 1.29 is 14.7 Å². The van der Waals surface area contributed by atoms with Crippen molar-refractivity contribution in [2.24, 2.45) is 0 Å². The number of hydrogen-bond donors (Lipinski definition) is 3. The molecule has 7 nitrogen and oxygen atoms in total. The standard InChI is InChI=1S/C18H17BrN4O3/c19-10-1-6-14-13(7-10)17-15(8-20-14)22-16(9-24)23(17)12-4-2-11(3-5-12)21-18(25)26/h1,6-8,11-12,21-22H,2-5H2,(H,25,26). The fourth-order valence-electron chi connectivity index (χ4n) is 3.89. The van der Waals surface area contributed by atoms with Gasteiger partial charge >= 0.3 is 6.09 Å². The number of aromatic nitrogens is 1. The third kappa shape index (κ3) is 2.91. The van der Waals surface area contributed by atoms with Gasteiger partial charge in [-0.1, -0.05) is 15.9 Å². The van der Waals surface area contributed by atoms with E-state index in [0.717, 1.165) is 52.4 Å². The summed E-state index contributed by atoms with van der Waals surface area (Å²) in [6, 6.07) is 5.95. The second kappa shape index (κ2) is 6.63. The van der Waals surface area contributed by atoms with Crippen LogP contribution in [0, 0.1) is 0 Å². The molecule has 1 saturated carbocycles. The number of nitrogens with one attached hydrogen (secondary N) is 2. The molecule has 2 aromatic rings. The summed E-state index contributed by atoms with van der Waals surface area (Å²) in [5.41, 5.74) is 2.58. The topological polar surface area (TPSA) is 94.6 Å². The summed E-state index contributed by atoms with van der Waals surface area (Å²) in [6.45, 7) is 0. The maximum absolute atomic E-state index is 11.6. The molecule has 0 radical (unpaired) electrons. The predicted octanol–water partition coefficient (Wildman–Crippen LogP) is 3.48. The van der Waals surface area contributed by atoms with Crippen molar-refractivity contribution in [1.82, 2.24) is 10.3 Å². The Hall–Kier alpha value is -2.57. The number of carboxylic acid groups (broad SMARTS) is 1. The van der Waals surface area contributed by atoms with Crippen molar-refractivity contribution in [2.75, 3.05) is 10.2 Å². The number of benzene rings is 1. The number of carbonyl (C=O) groups excluding carboxylic acids is 1. The molecule has 4 rings (SSSR count). The van der Waals surface area contributed by atoms with Crippen molar-refractivity contribution in [3.63, 3.8) is 0 Å². The highest BCUT2D eigenvalue weighted by molar-refractivity contribution is 9.10. The number of nitrogens with zero attached hydrogens (tertiary/aromatic N) is 2. The van der Waals surface area contributed by atoms with Crippen LogP contribution in [-0.2, 0) is 4.79 Å². The molecule has 1 amide bonds. The first kappa shape index (κ1) is 16.9. The molecule has 2 heterocycles. The highest BCUT2D eigenvalue weighted by Crippen LogP contribution is 2.44. The third-order valence-corrected chi connectivity index (χ3v) is 5.52. The number of rotatable bonds is 2. The van der Waals surface area contributed by atoms with Gasteiger partial charge in [-0.3, -0.25) is 4.98 Å². The number of fused-ring (bicyclic) bond motifs is 3. The minimum atomic E-state index is -0.989. The minimum absolute atomic E-state index is 0.0363. The molecule has 0 unspecified atom stereocenters. The van der Waals surface area contributed by atoms with Crippen LogP contribution in [0.2, 0.25) is 0 Å². The Morgan fingerprint density at radius 3 is 2.81 bits per heavy atom. The van der Waals surface area contributed by atoms with E-state index in [1.807, 2.05) is 29.0 Å². The SMILES string of the molecule is O=C=C1Nc2cnc3ccc(Br)cc3c2N1C1CCC(NC(=O)O)CC1. The first-order chi connectivity index (χ1) is 12.6. The second-order valence-electron chi connectivity index (χ2n) is 6.58. The van der Waals surface area contributed by atoms with Gasteiger partial charge in [0, 0.05) is 21.9 Å². The summed E-state index contributed by atoms with van der Waals surface area (Å²) in [4.78, 5) is 28.9. The summed E-state index contributed by atoms with van der Waals surface area (Å²) < 4.78 is 0.943. The number of anilines is 2. The minimum Gasteiger partial charge on any atom is -0.465 e. The number of amides is 1. The Morgan fingerprint density at radius 2 is 2.12 bits per heavy atom. The van der Waals surface area contributed by atoms with Crippen molar-refractivity contribution in [1.29, 1.82) is 0 Å². The van der Waals surface area contributed by atoms with Gasteiger partial charge in [0.2, 0.25) is 0 Å². The highest BCUT2D eigenvalue weighted by atomic mass is 79.9. The normalized spacial score (nSPS) is 21.9. The molecule has 26 heavy (non-hydrogen) atoms. The molecule has 0 bridgehead atoms. The molecule has 1 fully saturated rings. The summed E-state index contributed by atoms with van der Waals surface area (Å²) in [7, 11) is 0. The molecule has 1 aromatic heterocycles. The molecular weight excluding hydrogens is 400 g/mol.